The molecule has 2 aliphatic heterocycles. The van der Waals surface area contributed by atoms with Gasteiger partial charge in [-0.2, -0.15) is 13.2 Å². The minimum Gasteiger partial charge on any atom is -0.492 e. The lowest BCUT2D eigenvalue weighted by atomic mass is 9.86. The highest BCUT2D eigenvalue weighted by atomic mass is 19.4. The molecule has 2 aromatic rings. The largest absolute Gasteiger partial charge is 0.492 e. The number of hydrogen-bond donors (Lipinski definition) is 1. The fraction of sp³-hybridized carbons (Fsp3) is 0.567. The number of ether oxygens (including phenoxy) is 1. The van der Waals surface area contributed by atoms with E-state index < -0.39 is 11.7 Å². The molecule has 1 unspecified atom stereocenters. The molecule has 0 aromatic heterocycles. The van der Waals surface area contributed by atoms with Crippen LogP contribution >= 0.6 is 0 Å². The molecule has 0 spiro atoms. The van der Waals surface area contributed by atoms with E-state index in [1.54, 1.807) is 4.90 Å². The lowest BCUT2D eigenvalue weighted by molar-refractivity contribution is -0.137. The van der Waals surface area contributed by atoms with E-state index in [-0.39, 0.29) is 24.6 Å². The summed E-state index contributed by atoms with van der Waals surface area (Å²) in [4.78, 5) is 19.6. The average Bonchev–Trinajstić information content (AvgIpc) is 2.93. The number of hydrogen-bond acceptors (Lipinski definition) is 5. The number of nitrogens with zero attached hydrogens (tertiary/aromatic N) is 3. The van der Waals surface area contributed by atoms with Gasteiger partial charge in [0.15, 0.2) is 0 Å². The summed E-state index contributed by atoms with van der Waals surface area (Å²) in [6, 6.07) is 9.26. The van der Waals surface area contributed by atoms with Gasteiger partial charge in [-0.25, -0.2) is 0 Å². The molecule has 2 saturated heterocycles. The van der Waals surface area contributed by atoms with E-state index in [0.717, 1.165) is 68.8 Å². The molecule has 6 nitrogen and oxygen atoms in total. The third-order valence-corrected chi connectivity index (χ3v) is 8.26. The molecule has 0 radical (unpaired) electrons. The van der Waals surface area contributed by atoms with Gasteiger partial charge >= 0.3 is 6.18 Å². The summed E-state index contributed by atoms with van der Waals surface area (Å²) in [5.74, 6) is 0.687. The van der Waals surface area contributed by atoms with E-state index >= 15 is 0 Å². The molecule has 39 heavy (non-hydrogen) atoms. The Morgan fingerprint density at radius 1 is 1.05 bits per heavy atom. The quantitative estimate of drug-likeness (QED) is 0.475. The SMILES string of the molecule is Cc1c(OCCN(C)CCCO)ccc(C2CCC[C@H]3CN(C(=O)c4ccc(C(F)(F)F)cc4)CCN23)c1C. The lowest BCUT2D eigenvalue weighted by Crippen LogP contribution is -2.57. The minimum atomic E-state index is -4.41. The monoisotopic (exact) mass is 547 g/mol. The van der Waals surface area contributed by atoms with Crippen molar-refractivity contribution < 1.29 is 27.8 Å². The molecule has 2 aromatic carbocycles. The van der Waals surface area contributed by atoms with Gasteiger partial charge in [0.1, 0.15) is 12.4 Å². The number of rotatable bonds is 9. The van der Waals surface area contributed by atoms with Gasteiger partial charge in [0, 0.05) is 57.0 Å². The van der Waals surface area contributed by atoms with Crippen LogP contribution in [0.15, 0.2) is 36.4 Å². The molecule has 1 amide bonds. The lowest BCUT2D eigenvalue weighted by Gasteiger charge is -2.49. The van der Waals surface area contributed by atoms with Crippen LogP contribution in [0.5, 0.6) is 5.75 Å². The van der Waals surface area contributed by atoms with Gasteiger partial charge in [-0.15, -0.1) is 0 Å². The number of carbonyl (C=O) groups is 1. The van der Waals surface area contributed by atoms with E-state index in [4.69, 9.17) is 9.84 Å². The predicted octanol–water partition coefficient (Wildman–Crippen LogP) is 5.07. The van der Waals surface area contributed by atoms with Crippen molar-refractivity contribution in [2.75, 3.05) is 53.0 Å². The molecule has 2 aliphatic rings. The Kier molecular flexibility index (Phi) is 9.56. The number of benzene rings is 2. The Balaban J connectivity index is 1.39. The maximum atomic E-state index is 13.1. The third kappa shape index (κ3) is 6.94. The first-order valence-electron chi connectivity index (χ1n) is 13.8. The molecule has 2 heterocycles. The number of piperazine rings is 1. The number of alkyl halides is 3. The molecule has 2 atom stereocenters. The molecule has 4 rings (SSSR count). The summed E-state index contributed by atoms with van der Waals surface area (Å²) >= 11 is 0. The number of likely N-dealkylation sites (N-methyl/N-ethyl adjacent to an activating group) is 1. The van der Waals surface area contributed by atoms with E-state index in [1.165, 1.54) is 23.3 Å². The van der Waals surface area contributed by atoms with Gasteiger partial charge in [-0.3, -0.25) is 9.69 Å². The van der Waals surface area contributed by atoms with Gasteiger partial charge in [-0.05, 0) is 93.6 Å². The van der Waals surface area contributed by atoms with Gasteiger partial charge in [0.2, 0.25) is 0 Å². The van der Waals surface area contributed by atoms with Crippen LogP contribution in [-0.4, -0.2) is 84.7 Å². The Morgan fingerprint density at radius 2 is 1.79 bits per heavy atom. The second-order valence-electron chi connectivity index (χ2n) is 10.8. The van der Waals surface area contributed by atoms with Crippen molar-refractivity contribution in [3.63, 3.8) is 0 Å². The first-order valence-corrected chi connectivity index (χ1v) is 13.8. The van der Waals surface area contributed by atoms with Crippen molar-refractivity contribution in [1.29, 1.82) is 0 Å². The summed E-state index contributed by atoms with van der Waals surface area (Å²) in [7, 11) is 2.02. The maximum absolute atomic E-state index is 13.1. The van der Waals surface area contributed by atoms with Crippen molar-refractivity contribution >= 4 is 5.91 Å². The second kappa shape index (κ2) is 12.7. The summed E-state index contributed by atoms with van der Waals surface area (Å²) in [5.41, 5.74) is 3.22. The second-order valence-corrected chi connectivity index (χ2v) is 10.8. The van der Waals surface area contributed by atoms with Gasteiger partial charge in [0.05, 0.1) is 5.56 Å². The molecular weight excluding hydrogens is 507 g/mol. The third-order valence-electron chi connectivity index (χ3n) is 8.26. The van der Waals surface area contributed by atoms with Crippen molar-refractivity contribution in [3.8, 4) is 5.75 Å². The fourth-order valence-corrected chi connectivity index (χ4v) is 5.85. The fourth-order valence-electron chi connectivity index (χ4n) is 5.85. The van der Waals surface area contributed by atoms with Gasteiger partial charge < -0.3 is 19.6 Å². The summed E-state index contributed by atoms with van der Waals surface area (Å²) in [6.45, 7) is 8.53. The Hall–Kier alpha value is -2.62. The number of piperidine rings is 1. The first-order chi connectivity index (χ1) is 18.6. The topological polar surface area (TPSA) is 56.3 Å². The van der Waals surface area contributed by atoms with Crippen LogP contribution in [0.3, 0.4) is 0 Å². The van der Waals surface area contributed by atoms with E-state index in [9.17, 15) is 18.0 Å². The average molecular weight is 548 g/mol. The van der Waals surface area contributed by atoms with Crippen LogP contribution in [0.4, 0.5) is 13.2 Å². The summed E-state index contributed by atoms with van der Waals surface area (Å²) in [5, 5.41) is 9.00. The Labute approximate surface area is 229 Å². The van der Waals surface area contributed by atoms with Gasteiger partial charge in [0.25, 0.3) is 5.91 Å². The number of aliphatic hydroxyl groups is 1. The van der Waals surface area contributed by atoms with E-state index in [2.05, 4.69) is 35.8 Å². The van der Waals surface area contributed by atoms with Crippen LogP contribution in [0, 0.1) is 13.8 Å². The maximum Gasteiger partial charge on any atom is 0.416 e. The predicted molar refractivity (Wildman–Crippen MR) is 145 cm³/mol. The van der Waals surface area contributed by atoms with E-state index in [0.29, 0.717) is 25.3 Å². The zero-order chi connectivity index (χ0) is 28.2. The Morgan fingerprint density at radius 3 is 2.49 bits per heavy atom. The van der Waals surface area contributed by atoms with Crippen molar-refractivity contribution in [1.82, 2.24) is 14.7 Å². The van der Waals surface area contributed by atoms with Crippen LogP contribution in [0.1, 0.15) is 64.3 Å². The van der Waals surface area contributed by atoms with Crippen LogP contribution in [0.25, 0.3) is 0 Å². The minimum absolute atomic E-state index is 0.192. The highest BCUT2D eigenvalue weighted by Gasteiger charge is 2.38. The molecule has 2 fully saturated rings. The molecule has 0 aliphatic carbocycles. The summed E-state index contributed by atoms with van der Waals surface area (Å²) < 4.78 is 44.9. The van der Waals surface area contributed by atoms with Crippen molar-refractivity contribution in [2.45, 2.75) is 57.8 Å². The normalized spacial score (nSPS) is 20.3. The first kappa shape index (κ1) is 29.4. The molecule has 1 N–H and O–H groups in total. The van der Waals surface area contributed by atoms with Crippen molar-refractivity contribution in [2.24, 2.45) is 0 Å². The van der Waals surface area contributed by atoms with Crippen LogP contribution in [-0.2, 0) is 6.18 Å². The zero-order valence-electron chi connectivity index (χ0n) is 23.1. The molecule has 0 saturated carbocycles. The smallest absolute Gasteiger partial charge is 0.416 e. The van der Waals surface area contributed by atoms with E-state index in [1.807, 2.05) is 7.05 Å². The van der Waals surface area contributed by atoms with Crippen molar-refractivity contribution in [3.05, 3.63) is 64.2 Å². The van der Waals surface area contributed by atoms with Crippen LogP contribution < -0.4 is 4.74 Å². The highest BCUT2D eigenvalue weighted by Crippen LogP contribution is 2.39. The molecule has 0 bridgehead atoms. The molecule has 214 valence electrons. The number of carbonyl (C=O) groups excluding carboxylic acids is 1. The number of halogens is 3. The standard InChI is InChI=1S/C30H40F3N3O3/c1-21-22(2)28(39-19-17-34(3)14-5-18-37)13-12-26(21)27-7-4-6-25-20-35(15-16-36(25)27)29(38)23-8-10-24(11-9-23)30(31,32)33/h8-13,25,27,37H,4-7,14-20H2,1-3H3/t25-,27?/m0/s1. The van der Waals surface area contributed by atoms with Gasteiger partial charge in [-0.1, -0.05) is 6.07 Å². The highest BCUT2D eigenvalue weighted by molar-refractivity contribution is 5.94. The number of amides is 1. The summed E-state index contributed by atoms with van der Waals surface area (Å²) in [6.07, 6.45) is -0.549. The molecular formula is C30H40F3N3O3. The number of fused-ring (bicyclic) bond motifs is 1. The molecule has 9 heteroatoms. The van der Waals surface area contributed by atoms with Crippen LogP contribution in [0.2, 0.25) is 0 Å². The number of aliphatic hydroxyl groups excluding tert-OH is 1. The Bertz CT molecular complexity index is 1120. The zero-order valence-corrected chi connectivity index (χ0v) is 23.1.